The van der Waals surface area contributed by atoms with Gasteiger partial charge in [0.25, 0.3) is 11.5 Å². The van der Waals surface area contributed by atoms with Gasteiger partial charge in [-0.05, 0) is 66.4 Å². The summed E-state index contributed by atoms with van der Waals surface area (Å²) in [6.45, 7) is 0.419. The molecule has 4 aromatic rings. The van der Waals surface area contributed by atoms with E-state index in [-0.39, 0.29) is 11.1 Å². The maximum Gasteiger partial charge on any atom is 0.284 e. The first kappa shape index (κ1) is 22.6. The van der Waals surface area contributed by atoms with Crippen LogP contribution in [-0.2, 0) is 6.54 Å². The minimum atomic E-state index is -0.441. The van der Waals surface area contributed by atoms with Gasteiger partial charge in [-0.3, -0.25) is 14.3 Å². The van der Waals surface area contributed by atoms with Gasteiger partial charge in [-0.15, -0.1) is 11.8 Å². The van der Waals surface area contributed by atoms with Gasteiger partial charge in [-0.1, -0.05) is 50.1 Å². The van der Waals surface area contributed by atoms with Crippen LogP contribution in [0, 0.1) is 0 Å². The number of nitrogens with one attached hydrogen (secondary N) is 1. The van der Waals surface area contributed by atoms with Gasteiger partial charge in [0.1, 0.15) is 5.56 Å². The number of thioether (sulfide) groups is 1. The average molecular weight is 573 g/mol. The monoisotopic (exact) mass is 571 g/mol. The smallest absolute Gasteiger partial charge is 0.284 e. The van der Waals surface area contributed by atoms with Gasteiger partial charge >= 0.3 is 0 Å². The lowest BCUT2D eigenvalue weighted by Gasteiger charge is -2.13. The Balaban J connectivity index is 1.74. The number of carbonyl (C=O) groups is 1. The van der Waals surface area contributed by atoms with Crippen molar-refractivity contribution >= 4 is 55.2 Å². The van der Waals surface area contributed by atoms with Crippen molar-refractivity contribution in [2.45, 2.75) is 11.4 Å². The number of halogens is 2. The number of hydrogen-bond donors (Lipinski definition) is 1. The van der Waals surface area contributed by atoms with E-state index >= 15 is 0 Å². The molecule has 1 aromatic heterocycles. The molecule has 8 heteroatoms. The van der Waals surface area contributed by atoms with Crippen LogP contribution in [0.5, 0.6) is 0 Å². The Bertz CT molecular complexity index is 1310. The number of benzene rings is 3. The van der Waals surface area contributed by atoms with Crippen LogP contribution in [0.1, 0.15) is 15.9 Å². The zero-order valence-corrected chi connectivity index (χ0v) is 21.1. The Morgan fingerprint density at radius 1 is 0.969 bits per heavy atom. The average Bonchev–Trinajstić information content (AvgIpc) is 3.12. The highest BCUT2D eigenvalue weighted by molar-refractivity contribution is 9.10. The molecule has 0 atom stereocenters. The SMILES string of the molecule is CSc1ccc(NC(=O)c2cn(Cc3ccccc3Br)n(-c3ccc(Br)cc3)c2=O)cc1. The minimum Gasteiger partial charge on any atom is -0.322 e. The van der Waals surface area contributed by atoms with Crippen molar-refractivity contribution in [1.29, 1.82) is 0 Å². The standard InChI is InChI=1S/C24H19Br2N3O2S/c1-32-20-12-8-18(9-13-20)27-23(30)21-15-28(14-16-4-2-3-5-22(16)26)29(24(21)31)19-10-6-17(25)7-11-19/h2-13,15H,14H2,1H3,(H,27,30). The number of anilines is 1. The maximum atomic E-state index is 13.3. The van der Waals surface area contributed by atoms with Crippen LogP contribution in [0.15, 0.2) is 97.6 Å². The second-order valence-electron chi connectivity index (χ2n) is 7.01. The molecular formula is C24H19Br2N3O2S. The van der Waals surface area contributed by atoms with Crippen molar-refractivity contribution < 1.29 is 4.79 Å². The van der Waals surface area contributed by atoms with Crippen LogP contribution in [0.25, 0.3) is 5.69 Å². The van der Waals surface area contributed by atoms with Gasteiger partial charge in [0.05, 0.1) is 12.2 Å². The molecule has 0 spiro atoms. The second kappa shape index (κ2) is 9.94. The van der Waals surface area contributed by atoms with E-state index in [1.54, 1.807) is 22.6 Å². The van der Waals surface area contributed by atoms with E-state index in [1.807, 2.05) is 79.1 Å². The highest BCUT2D eigenvalue weighted by atomic mass is 79.9. The first-order chi connectivity index (χ1) is 15.5. The van der Waals surface area contributed by atoms with Gasteiger partial charge in [0, 0.05) is 25.7 Å². The fourth-order valence-electron chi connectivity index (χ4n) is 3.29. The van der Waals surface area contributed by atoms with E-state index in [4.69, 9.17) is 0 Å². The molecule has 32 heavy (non-hydrogen) atoms. The van der Waals surface area contributed by atoms with Crippen LogP contribution in [-0.4, -0.2) is 21.5 Å². The predicted molar refractivity (Wildman–Crippen MR) is 137 cm³/mol. The number of rotatable bonds is 6. The van der Waals surface area contributed by atoms with E-state index in [0.717, 1.165) is 19.4 Å². The van der Waals surface area contributed by atoms with Crippen molar-refractivity contribution in [3.05, 3.63) is 109 Å². The third-order valence-electron chi connectivity index (χ3n) is 4.91. The minimum absolute atomic E-state index is 0.0777. The predicted octanol–water partition coefficient (Wildman–Crippen LogP) is 6.19. The molecule has 0 aliphatic carbocycles. The summed E-state index contributed by atoms with van der Waals surface area (Å²) in [7, 11) is 0. The Hall–Kier alpha value is -2.55. The molecule has 0 aliphatic heterocycles. The highest BCUT2D eigenvalue weighted by Crippen LogP contribution is 2.20. The van der Waals surface area contributed by atoms with Crippen molar-refractivity contribution in [2.24, 2.45) is 0 Å². The fourth-order valence-corrected chi connectivity index (χ4v) is 4.37. The summed E-state index contributed by atoms with van der Waals surface area (Å²) >= 11 is 8.62. The molecule has 0 unspecified atom stereocenters. The number of carbonyl (C=O) groups excluding carboxylic acids is 1. The molecule has 3 aromatic carbocycles. The van der Waals surface area contributed by atoms with E-state index in [1.165, 1.54) is 4.68 Å². The zero-order chi connectivity index (χ0) is 22.7. The molecule has 1 heterocycles. The summed E-state index contributed by atoms with van der Waals surface area (Å²) in [4.78, 5) is 27.4. The highest BCUT2D eigenvalue weighted by Gasteiger charge is 2.20. The van der Waals surface area contributed by atoms with E-state index < -0.39 is 5.91 Å². The molecular weight excluding hydrogens is 554 g/mol. The van der Waals surface area contributed by atoms with Crippen molar-refractivity contribution in [3.8, 4) is 5.69 Å². The molecule has 0 saturated heterocycles. The Morgan fingerprint density at radius 3 is 2.31 bits per heavy atom. The molecule has 0 fully saturated rings. The summed E-state index contributed by atoms with van der Waals surface area (Å²) in [5.74, 6) is -0.441. The summed E-state index contributed by atoms with van der Waals surface area (Å²) in [6, 6.07) is 22.7. The number of aromatic nitrogens is 2. The first-order valence-electron chi connectivity index (χ1n) is 9.73. The molecule has 5 nitrogen and oxygen atoms in total. The van der Waals surface area contributed by atoms with Crippen molar-refractivity contribution in [2.75, 3.05) is 11.6 Å². The fraction of sp³-hybridized carbons (Fsp3) is 0.0833. The molecule has 162 valence electrons. The summed E-state index contributed by atoms with van der Waals surface area (Å²) < 4.78 is 5.13. The van der Waals surface area contributed by atoms with Gasteiger partial charge in [0.2, 0.25) is 0 Å². The van der Waals surface area contributed by atoms with Crippen LogP contribution in [0.4, 0.5) is 5.69 Å². The number of nitrogens with zero attached hydrogens (tertiary/aromatic N) is 2. The molecule has 1 N–H and O–H groups in total. The normalized spacial score (nSPS) is 10.8. The topological polar surface area (TPSA) is 56.0 Å². The first-order valence-corrected chi connectivity index (χ1v) is 12.5. The van der Waals surface area contributed by atoms with E-state index in [2.05, 4.69) is 37.2 Å². The van der Waals surface area contributed by atoms with Crippen LogP contribution in [0.3, 0.4) is 0 Å². The number of hydrogen-bond acceptors (Lipinski definition) is 3. The second-order valence-corrected chi connectivity index (χ2v) is 9.66. The largest absolute Gasteiger partial charge is 0.322 e. The van der Waals surface area contributed by atoms with Crippen LogP contribution >= 0.6 is 43.6 Å². The summed E-state index contributed by atoms with van der Waals surface area (Å²) in [6.07, 6.45) is 3.60. The van der Waals surface area contributed by atoms with E-state index in [9.17, 15) is 9.59 Å². The van der Waals surface area contributed by atoms with Crippen molar-refractivity contribution in [3.63, 3.8) is 0 Å². The van der Waals surface area contributed by atoms with Crippen LogP contribution < -0.4 is 10.9 Å². The summed E-state index contributed by atoms with van der Waals surface area (Å²) in [5.41, 5.74) is 2.01. The maximum absolute atomic E-state index is 13.3. The molecule has 0 bridgehead atoms. The lowest BCUT2D eigenvalue weighted by Crippen LogP contribution is -2.26. The van der Waals surface area contributed by atoms with Gasteiger partial charge in [0.15, 0.2) is 0 Å². The summed E-state index contributed by atoms with van der Waals surface area (Å²) in [5, 5.41) is 2.84. The van der Waals surface area contributed by atoms with E-state index in [0.29, 0.717) is 17.9 Å². The third-order valence-corrected chi connectivity index (χ3v) is 6.96. The lowest BCUT2D eigenvalue weighted by atomic mass is 10.2. The lowest BCUT2D eigenvalue weighted by molar-refractivity contribution is 0.102. The number of amides is 1. The molecule has 0 radical (unpaired) electrons. The molecule has 4 rings (SSSR count). The van der Waals surface area contributed by atoms with Gasteiger partial charge in [-0.25, -0.2) is 4.68 Å². The molecule has 0 saturated carbocycles. The van der Waals surface area contributed by atoms with Crippen LogP contribution in [0.2, 0.25) is 0 Å². The Kier molecular flexibility index (Phi) is 7.03. The Morgan fingerprint density at radius 2 is 1.66 bits per heavy atom. The van der Waals surface area contributed by atoms with Crippen molar-refractivity contribution in [1.82, 2.24) is 9.36 Å². The molecule has 0 aliphatic rings. The quantitative estimate of drug-likeness (QED) is 0.280. The van der Waals surface area contributed by atoms with Gasteiger partial charge < -0.3 is 5.32 Å². The Labute approximate surface area is 206 Å². The third kappa shape index (κ3) is 4.92. The zero-order valence-electron chi connectivity index (χ0n) is 17.1. The van der Waals surface area contributed by atoms with Gasteiger partial charge in [-0.2, -0.15) is 0 Å². The molecule has 1 amide bonds.